The number of aromatic nitrogens is 1. The van der Waals surface area contributed by atoms with Crippen LogP contribution in [0.15, 0.2) is 16.7 Å². The van der Waals surface area contributed by atoms with Gasteiger partial charge in [0.1, 0.15) is 5.75 Å². The summed E-state index contributed by atoms with van der Waals surface area (Å²) in [7, 11) is 1.68. The highest BCUT2D eigenvalue weighted by atomic mass is 79.9. The second kappa shape index (κ2) is 4.28. The van der Waals surface area contributed by atoms with E-state index in [2.05, 4.69) is 26.2 Å². The van der Waals surface area contributed by atoms with Crippen LogP contribution in [0.3, 0.4) is 0 Å². The van der Waals surface area contributed by atoms with Gasteiger partial charge in [-0.25, -0.2) is 0 Å². The van der Waals surface area contributed by atoms with Gasteiger partial charge >= 0.3 is 0 Å². The molecule has 1 aliphatic rings. The van der Waals surface area contributed by atoms with E-state index in [0.717, 1.165) is 35.4 Å². The minimum absolute atomic E-state index is 0.513. The molecule has 0 amide bonds. The lowest BCUT2D eigenvalue weighted by Crippen LogP contribution is -2.09. The molecule has 0 spiro atoms. The summed E-state index contributed by atoms with van der Waals surface area (Å²) in [4.78, 5) is 4.40. The average molecular weight is 257 g/mol. The van der Waals surface area contributed by atoms with Crippen LogP contribution in [-0.2, 0) is 0 Å². The third kappa shape index (κ3) is 1.77. The van der Waals surface area contributed by atoms with Crippen molar-refractivity contribution < 1.29 is 4.74 Å². The molecule has 0 radical (unpaired) electrons. The molecule has 0 aliphatic carbocycles. The Hall–Kier alpha value is -0.610. The van der Waals surface area contributed by atoms with Gasteiger partial charge < -0.3 is 10.1 Å². The van der Waals surface area contributed by atoms with E-state index >= 15 is 0 Å². The first-order chi connectivity index (χ1) is 6.83. The Balaban J connectivity index is 2.32. The molecule has 1 atom stereocenters. The van der Waals surface area contributed by atoms with Crippen LogP contribution in [-0.4, -0.2) is 25.2 Å². The van der Waals surface area contributed by atoms with E-state index in [4.69, 9.17) is 4.74 Å². The third-order valence-electron chi connectivity index (χ3n) is 2.55. The van der Waals surface area contributed by atoms with Crippen molar-refractivity contribution in [2.45, 2.75) is 12.3 Å². The fraction of sp³-hybridized carbons (Fsp3) is 0.500. The molecule has 1 aliphatic heterocycles. The molecule has 1 fully saturated rings. The average Bonchev–Trinajstić information content (AvgIpc) is 2.71. The molecule has 76 valence electrons. The number of hydrogen-bond acceptors (Lipinski definition) is 3. The molecule has 1 aromatic heterocycles. The van der Waals surface area contributed by atoms with Crippen LogP contribution >= 0.6 is 15.9 Å². The van der Waals surface area contributed by atoms with Crippen molar-refractivity contribution in [1.29, 1.82) is 0 Å². The monoisotopic (exact) mass is 256 g/mol. The van der Waals surface area contributed by atoms with Gasteiger partial charge in [0.2, 0.25) is 0 Å². The van der Waals surface area contributed by atoms with Crippen LogP contribution in [0.4, 0.5) is 0 Å². The molecular weight excluding hydrogens is 244 g/mol. The topological polar surface area (TPSA) is 34.1 Å². The Morgan fingerprint density at radius 2 is 2.50 bits per heavy atom. The number of hydrogen-bond donors (Lipinski definition) is 1. The van der Waals surface area contributed by atoms with Crippen LogP contribution in [0.1, 0.15) is 18.0 Å². The summed E-state index contributed by atoms with van der Waals surface area (Å²) >= 11 is 3.54. The van der Waals surface area contributed by atoms with Gasteiger partial charge in [-0.1, -0.05) is 0 Å². The third-order valence-corrected chi connectivity index (χ3v) is 3.34. The molecular formula is C10H13BrN2O. The number of pyridine rings is 1. The summed E-state index contributed by atoms with van der Waals surface area (Å²) < 4.78 is 6.23. The van der Waals surface area contributed by atoms with Crippen molar-refractivity contribution in [3.63, 3.8) is 0 Å². The largest absolute Gasteiger partial charge is 0.495 e. The second-order valence-corrected chi connectivity index (χ2v) is 4.20. The molecule has 0 saturated carbocycles. The van der Waals surface area contributed by atoms with Gasteiger partial charge in [0, 0.05) is 18.7 Å². The van der Waals surface area contributed by atoms with Crippen LogP contribution in [0.25, 0.3) is 0 Å². The number of nitrogens with zero attached hydrogens (tertiary/aromatic N) is 1. The van der Waals surface area contributed by atoms with Crippen LogP contribution in [0, 0.1) is 0 Å². The molecule has 14 heavy (non-hydrogen) atoms. The van der Waals surface area contributed by atoms with E-state index in [1.807, 2.05) is 6.07 Å². The number of methoxy groups -OCH3 is 1. The second-order valence-electron chi connectivity index (χ2n) is 3.40. The van der Waals surface area contributed by atoms with E-state index in [1.165, 1.54) is 0 Å². The molecule has 1 saturated heterocycles. The summed E-state index contributed by atoms with van der Waals surface area (Å²) in [6.45, 7) is 2.09. The Morgan fingerprint density at radius 3 is 3.14 bits per heavy atom. The zero-order valence-electron chi connectivity index (χ0n) is 8.09. The van der Waals surface area contributed by atoms with Gasteiger partial charge in [-0.3, -0.25) is 4.98 Å². The zero-order valence-corrected chi connectivity index (χ0v) is 9.67. The first-order valence-corrected chi connectivity index (χ1v) is 5.51. The van der Waals surface area contributed by atoms with Crippen molar-refractivity contribution in [2.75, 3.05) is 20.2 Å². The highest BCUT2D eigenvalue weighted by Crippen LogP contribution is 2.33. The molecule has 1 aromatic rings. The Bertz CT molecular complexity index is 324. The summed E-state index contributed by atoms with van der Waals surface area (Å²) in [6.07, 6.45) is 2.95. The minimum atomic E-state index is 0.513. The van der Waals surface area contributed by atoms with Crippen molar-refractivity contribution in [3.8, 4) is 5.75 Å². The normalized spacial score (nSPS) is 21.1. The van der Waals surface area contributed by atoms with E-state index in [0.29, 0.717) is 5.92 Å². The fourth-order valence-corrected chi connectivity index (χ4v) is 2.49. The molecule has 4 heteroatoms. The van der Waals surface area contributed by atoms with Crippen molar-refractivity contribution in [3.05, 3.63) is 22.4 Å². The number of ether oxygens (including phenoxy) is 1. The summed E-state index contributed by atoms with van der Waals surface area (Å²) in [5, 5.41) is 3.33. The Labute approximate surface area is 92.0 Å². The van der Waals surface area contributed by atoms with Crippen molar-refractivity contribution >= 4 is 15.9 Å². The van der Waals surface area contributed by atoms with E-state index in [9.17, 15) is 0 Å². The summed E-state index contributed by atoms with van der Waals surface area (Å²) in [5.41, 5.74) is 1.11. The molecule has 0 aromatic carbocycles. The first kappa shape index (κ1) is 9.93. The van der Waals surface area contributed by atoms with Gasteiger partial charge in [0.15, 0.2) is 0 Å². The molecule has 2 heterocycles. The van der Waals surface area contributed by atoms with Gasteiger partial charge in [0.05, 0.1) is 17.3 Å². The maximum Gasteiger partial charge on any atom is 0.136 e. The lowest BCUT2D eigenvalue weighted by atomic mass is 10.0. The summed E-state index contributed by atoms with van der Waals surface area (Å²) in [5.74, 6) is 1.38. The standard InChI is InChI=1S/C10H13BrN2O/c1-14-8-3-5-13-10(9(8)11)7-2-4-12-6-7/h3,5,7,12H,2,4,6H2,1H3. The molecule has 1 unspecified atom stereocenters. The predicted octanol–water partition coefficient (Wildman–Crippen LogP) is 1.93. The van der Waals surface area contributed by atoms with Gasteiger partial charge in [-0.2, -0.15) is 0 Å². The number of nitrogens with one attached hydrogen (secondary N) is 1. The van der Waals surface area contributed by atoms with E-state index in [-0.39, 0.29) is 0 Å². The maximum absolute atomic E-state index is 5.24. The lowest BCUT2D eigenvalue weighted by Gasteiger charge is -2.12. The first-order valence-electron chi connectivity index (χ1n) is 4.72. The van der Waals surface area contributed by atoms with Crippen LogP contribution in [0.2, 0.25) is 0 Å². The Morgan fingerprint density at radius 1 is 1.64 bits per heavy atom. The highest BCUT2D eigenvalue weighted by Gasteiger charge is 2.21. The van der Waals surface area contributed by atoms with Gasteiger partial charge in [-0.15, -0.1) is 0 Å². The number of rotatable bonds is 2. The van der Waals surface area contributed by atoms with Crippen LogP contribution < -0.4 is 10.1 Å². The quantitative estimate of drug-likeness (QED) is 0.879. The molecule has 1 N–H and O–H groups in total. The smallest absolute Gasteiger partial charge is 0.136 e. The van der Waals surface area contributed by atoms with Gasteiger partial charge in [-0.05, 0) is 35.0 Å². The minimum Gasteiger partial charge on any atom is -0.495 e. The fourth-order valence-electron chi connectivity index (χ4n) is 1.77. The van der Waals surface area contributed by atoms with Crippen LogP contribution in [0.5, 0.6) is 5.75 Å². The zero-order chi connectivity index (χ0) is 9.97. The lowest BCUT2D eigenvalue weighted by molar-refractivity contribution is 0.410. The molecule has 2 rings (SSSR count). The van der Waals surface area contributed by atoms with Crippen molar-refractivity contribution in [1.82, 2.24) is 10.3 Å². The molecule has 0 bridgehead atoms. The SMILES string of the molecule is COc1ccnc(C2CCNC2)c1Br. The molecule has 3 nitrogen and oxygen atoms in total. The Kier molecular flexibility index (Phi) is 3.03. The van der Waals surface area contributed by atoms with Gasteiger partial charge in [0.25, 0.3) is 0 Å². The summed E-state index contributed by atoms with van der Waals surface area (Å²) in [6, 6.07) is 1.87. The maximum atomic E-state index is 5.24. The number of halogens is 1. The highest BCUT2D eigenvalue weighted by molar-refractivity contribution is 9.10. The predicted molar refractivity (Wildman–Crippen MR) is 58.7 cm³/mol. The van der Waals surface area contributed by atoms with Crippen molar-refractivity contribution in [2.24, 2.45) is 0 Å². The van der Waals surface area contributed by atoms with E-state index < -0.39 is 0 Å². The van der Waals surface area contributed by atoms with E-state index in [1.54, 1.807) is 13.3 Å².